The zero-order chi connectivity index (χ0) is 21.0. The number of rotatable bonds is 8. The number of imidazole rings is 1. The van der Waals surface area contributed by atoms with Crippen LogP contribution in [0.1, 0.15) is 11.1 Å². The van der Waals surface area contributed by atoms with Gasteiger partial charge in [-0.2, -0.15) is 8.42 Å². The van der Waals surface area contributed by atoms with Crippen LogP contribution in [0.3, 0.4) is 0 Å². The Morgan fingerprint density at radius 2 is 1.63 bits per heavy atom. The van der Waals surface area contributed by atoms with E-state index in [0.29, 0.717) is 12.3 Å². The lowest BCUT2D eigenvalue weighted by Gasteiger charge is -2.09. The third kappa shape index (κ3) is 4.75. The number of hydrogen-bond acceptors (Lipinski definition) is 5. The summed E-state index contributed by atoms with van der Waals surface area (Å²) in [6.07, 6.45) is 0. The molecule has 0 atom stereocenters. The third-order valence-corrected chi connectivity index (χ3v) is 6.93. The van der Waals surface area contributed by atoms with Gasteiger partial charge in [0, 0.05) is 5.75 Å². The largest absolute Gasteiger partial charge is 0.314 e. The highest BCUT2D eigenvalue weighted by molar-refractivity contribution is 7.99. The standard InChI is InChI=1S/C23H22N2O3S2/c1-18-11-13-20(14-12-18)30(26,27)28-15-16-29-23-24-21-9-5-6-10-22(21)25(23)17-19-7-3-2-4-8-19/h2-14H,15-17H2,1H3. The van der Waals surface area contributed by atoms with E-state index in [9.17, 15) is 8.42 Å². The molecule has 0 saturated carbocycles. The van der Waals surface area contributed by atoms with Crippen LogP contribution in [0.4, 0.5) is 0 Å². The minimum atomic E-state index is -3.76. The molecule has 1 aromatic heterocycles. The first kappa shape index (κ1) is 20.7. The van der Waals surface area contributed by atoms with E-state index >= 15 is 0 Å². The molecule has 0 fully saturated rings. The van der Waals surface area contributed by atoms with Gasteiger partial charge in [-0.05, 0) is 36.8 Å². The van der Waals surface area contributed by atoms with Gasteiger partial charge in [0.1, 0.15) is 0 Å². The summed E-state index contributed by atoms with van der Waals surface area (Å²) in [5.41, 5.74) is 4.16. The number of aromatic nitrogens is 2. The molecule has 0 amide bonds. The average molecular weight is 439 g/mol. The number of thioether (sulfide) groups is 1. The predicted octanol–water partition coefficient (Wildman–Crippen LogP) is 4.89. The van der Waals surface area contributed by atoms with Gasteiger partial charge in [0.25, 0.3) is 10.1 Å². The molecule has 0 aliphatic carbocycles. The third-order valence-electron chi connectivity index (χ3n) is 4.67. The Balaban J connectivity index is 1.46. The van der Waals surface area contributed by atoms with E-state index in [0.717, 1.165) is 21.8 Å². The minimum Gasteiger partial charge on any atom is -0.314 e. The predicted molar refractivity (Wildman–Crippen MR) is 120 cm³/mol. The lowest BCUT2D eigenvalue weighted by molar-refractivity contribution is 0.341. The van der Waals surface area contributed by atoms with E-state index in [1.165, 1.54) is 17.3 Å². The molecule has 3 aromatic carbocycles. The molecule has 0 spiro atoms. The van der Waals surface area contributed by atoms with Gasteiger partial charge in [-0.15, -0.1) is 0 Å². The normalized spacial score (nSPS) is 11.8. The van der Waals surface area contributed by atoms with Gasteiger partial charge in [0.2, 0.25) is 0 Å². The molecule has 0 N–H and O–H groups in total. The fourth-order valence-corrected chi connectivity index (χ4v) is 4.98. The van der Waals surface area contributed by atoms with Crippen molar-refractivity contribution in [1.29, 1.82) is 0 Å². The van der Waals surface area contributed by atoms with E-state index in [1.807, 2.05) is 49.4 Å². The van der Waals surface area contributed by atoms with E-state index in [2.05, 4.69) is 16.7 Å². The molecule has 0 aliphatic heterocycles. The Bertz CT molecular complexity index is 1230. The summed E-state index contributed by atoms with van der Waals surface area (Å²) < 4.78 is 32.1. The summed E-state index contributed by atoms with van der Waals surface area (Å²) in [4.78, 5) is 4.91. The van der Waals surface area contributed by atoms with Gasteiger partial charge >= 0.3 is 0 Å². The Kier molecular flexibility index (Phi) is 6.22. The summed E-state index contributed by atoms with van der Waals surface area (Å²) in [7, 11) is -3.76. The van der Waals surface area contributed by atoms with Gasteiger partial charge in [-0.3, -0.25) is 4.18 Å². The van der Waals surface area contributed by atoms with Crippen molar-refractivity contribution in [2.75, 3.05) is 12.4 Å². The Hall–Kier alpha value is -2.61. The highest BCUT2D eigenvalue weighted by atomic mass is 32.2. The minimum absolute atomic E-state index is 0.0788. The number of fused-ring (bicyclic) bond motifs is 1. The smallest absolute Gasteiger partial charge is 0.296 e. The maximum absolute atomic E-state index is 12.4. The molecule has 4 rings (SSSR count). The van der Waals surface area contributed by atoms with Crippen molar-refractivity contribution in [3.63, 3.8) is 0 Å². The van der Waals surface area contributed by atoms with Crippen LogP contribution in [0.5, 0.6) is 0 Å². The number of nitrogens with zero attached hydrogens (tertiary/aromatic N) is 2. The Morgan fingerprint density at radius 1 is 0.933 bits per heavy atom. The van der Waals surface area contributed by atoms with Gasteiger partial charge in [0.15, 0.2) is 5.16 Å². The molecule has 1 heterocycles. The first-order chi connectivity index (χ1) is 14.5. The first-order valence-corrected chi connectivity index (χ1v) is 12.0. The molecule has 4 aromatic rings. The fraction of sp³-hybridized carbons (Fsp3) is 0.174. The number of para-hydroxylation sites is 2. The fourth-order valence-electron chi connectivity index (χ4n) is 3.13. The van der Waals surface area contributed by atoms with E-state index in [4.69, 9.17) is 9.17 Å². The number of aryl methyl sites for hydroxylation is 1. The van der Waals surface area contributed by atoms with Gasteiger partial charge < -0.3 is 4.57 Å². The van der Waals surface area contributed by atoms with Crippen LogP contribution in [-0.4, -0.2) is 30.3 Å². The van der Waals surface area contributed by atoms with Crippen molar-refractivity contribution in [2.24, 2.45) is 0 Å². The van der Waals surface area contributed by atoms with E-state index < -0.39 is 10.1 Å². The van der Waals surface area contributed by atoms with Crippen LogP contribution < -0.4 is 0 Å². The van der Waals surface area contributed by atoms with Crippen molar-refractivity contribution < 1.29 is 12.6 Å². The van der Waals surface area contributed by atoms with E-state index in [1.54, 1.807) is 24.3 Å². The first-order valence-electron chi connectivity index (χ1n) is 9.61. The lowest BCUT2D eigenvalue weighted by Crippen LogP contribution is -2.09. The molecule has 30 heavy (non-hydrogen) atoms. The highest BCUT2D eigenvalue weighted by Crippen LogP contribution is 2.25. The summed E-state index contributed by atoms with van der Waals surface area (Å²) in [6, 6.07) is 24.9. The molecule has 154 valence electrons. The van der Waals surface area contributed by atoms with Gasteiger partial charge in [-0.25, -0.2) is 4.98 Å². The van der Waals surface area contributed by atoms with Crippen LogP contribution >= 0.6 is 11.8 Å². The molecule has 0 unspecified atom stereocenters. The summed E-state index contributed by atoms with van der Waals surface area (Å²) >= 11 is 1.49. The van der Waals surface area contributed by atoms with Crippen LogP contribution in [0.2, 0.25) is 0 Å². The summed E-state index contributed by atoms with van der Waals surface area (Å²) in [6.45, 7) is 2.69. The second-order valence-electron chi connectivity index (χ2n) is 6.89. The molecule has 5 nitrogen and oxygen atoms in total. The van der Waals surface area contributed by atoms with Crippen LogP contribution in [0, 0.1) is 6.92 Å². The Labute approximate surface area is 180 Å². The van der Waals surface area contributed by atoms with Crippen LogP contribution in [0.15, 0.2) is 88.9 Å². The topological polar surface area (TPSA) is 61.2 Å². The summed E-state index contributed by atoms with van der Waals surface area (Å²) in [5.74, 6) is 0.475. The molecule has 7 heteroatoms. The lowest BCUT2D eigenvalue weighted by atomic mass is 10.2. The monoisotopic (exact) mass is 438 g/mol. The van der Waals surface area contributed by atoms with Crippen molar-refractivity contribution in [2.45, 2.75) is 23.5 Å². The second-order valence-corrected chi connectivity index (χ2v) is 9.57. The van der Waals surface area contributed by atoms with Crippen molar-refractivity contribution >= 4 is 32.9 Å². The summed E-state index contributed by atoms with van der Waals surface area (Å²) in [5, 5.41) is 0.844. The highest BCUT2D eigenvalue weighted by Gasteiger charge is 2.16. The molecule has 0 radical (unpaired) electrons. The van der Waals surface area contributed by atoms with Crippen molar-refractivity contribution in [1.82, 2.24) is 9.55 Å². The zero-order valence-electron chi connectivity index (χ0n) is 16.6. The molecular formula is C23H22N2O3S2. The molecule has 0 saturated heterocycles. The van der Waals surface area contributed by atoms with Gasteiger partial charge in [0.05, 0.1) is 29.1 Å². The van der Waals surface area contributed by atoms with Crippen LogP contribution in [-0.2, 0) is 20.8 Å². The van der Waals surface area contributed by atoms with Crippen molar-refractivity contribution in [3.05, 3.63) is 90.0 Å². The van der Waals surface area contributed by atoms with Gasteiger partial charge in [-0.1, -0.05) is 71.9 Å². The van der Waals surface area contributed by atoms with E-state index in [-0.39, 0.29) is 11.5 Å². The number of hydrogen-bond donors (Lipinski definition) is 0. The van der Waals surface area contributed by atoms with Crippen molar-refractivity contribution in [3.8, 4) is 0 Å². The maximum atomic E-state index is 12.4. The zero-order valence-corrected chi connectivity index (χ0v) is 18.2. The molecular weight excluding hydrogens is 416 g/mol. The van der Waals surface area contributed by atoms with Crippen LogP contribution in [0.25, 0.3) is 11.0 Å². The number of benzene rings is 3. The SMILES string of the molecule is Cc1ccc(S(=O)(=O)OCCSc2nc3ccccc3n2Cc2ccccc2)cc1. The quantitative estimate of drug-likeness (QED) is 0.223. The Morgan fingerprint density at radius 3 is 2.40 bits per heavy atom. The average Bonchev–Trinajstić information content (AvgIpc) is 3.10. The molecule has 0 bridgehead atoms. The second kappa shape index (κ2) is 9.04. The maximum Gasteiger partial charge on any atom is 0.296 e. The molecule has 0 aliphatic rings.